The molecule has 0 amide bonds. The Morgan fingerprint density at radius 1 is 1.47 bits per heavy atom. The van der Waals surface area contributed by atoms with Gasteiger partial charge in [-0.3, -0.25) is 4.79 Å². The summed E-state index contributed by atoms with van der Waals surface area (Å²) in [5.74, 6) is 5.17. The van der Waals surface area contributed by atoms with Crippen molar-refractivity contribution in [3.63, 3.8) is 0 Å². The van der Waals surface area contributed by atoms with Gasteiger partial charge in [0.25, 0.3) is 0 Å². The summed E-state index contributed by atoms with van der Waals surface area (Å²) >= 11 is 5.44. The van der Waals surface area contributed by atoms with Crippen molar-refractivity contribution >= 4 is 17.6 Å². The molecule has 0 atom stereocenters. The van der Waals surface area contributed by atoms with Crippen molar-refractivity contribution in [2.24, 2.45) is 0 Å². The van der Waals surface area contributed by atoms with E-state index in [-0.39, 0.29) is 6.42 Å². The molecule has 3 heteroatoms. The lowest BCUT2D eigenvalue weighted by Gasteiger charge is -1.98. The number of aryl methyl sites for hydroxylation is 1. The Hall–Kier alpha value is -1.46. The number of hydrogen-bond acceptors (Lipinski definition) is 1. The fourth-order valence-electron chi connectivity index (χ4n) is 1.19. The molecule has 0 saturated carbocycles. The minimum absolute atomic E-state index is 0.145. The Morgan fingerprint density at radius 3 is 2.93 bits per heavy atom. The molecule has 1 aromatic rings. The van der Waals surface area contributed by atoms with Crippen LogP contribution in [0.25, 0.3) is 0 Å². The van der Waals surface area contributed by atoms with Gasteiger partial charge in [-0.15, -0.1) is 11.6 Å². The van der Waals surface area contributed by atoms with Crippen molar-refractivity contribution in [3.05, 3.63) is 35.4 Å². The third-order valence-electron chi connectivity index (χ3n) is 1.85. The van der Waals surface area contributed by atoms with E-state index < -0.39 is 5.97 Å². The average molecular weight is 223 g/mol. The highest BCUT2D eigenvalue weighted by Crippen LogP contribution is 2.06. The summed E-state index contributed by atoms with van der Waals surface area (Å²) in [4.78, 5) is 10.4. The smallest absolute Gasteiger partial charge is 0.303 e. The molecule has 0 unspecified atom stereocenters. The quantitative estimate of drug-likeness (QED) is 0.630. The van der Waals surface area contributed by atoms with Crippen LogP contribution in [0.4, 0.5) is 0 Å². The maximum atomic E-state index is 10.4. The van der Waals surface area contributed by atoms with E-state index in [1.807, 2.05) is 24.3 Å². The predicted octanol–water partition coefficient (Wildman–Crippen LogP) is 2.29. The number of carbonyl (C=O) groups is 1. The first-order chi connectivity index (χ1) is 7.22. The highest BCUT2D eigenvalue weighted by molar-refractivity contribution is 6.19. The minimum Gasteiger partial charge on any atom is -0.481 e. The molecule has 1 aromatic carbocycles. The topological polar surface area (TPSA) is 37.3 Å². The van der Waals surface area contributed by atoms with Crippen molar-refractivity contribution in [2.45, 2.75) is 12.8 Å². The fourth-order valence-corrected chi connectivity index (χ4v) is 1.26. The molecule has 0 radical (unpaired) electrons. The summed E-state index contributed by atoms with van der Waals surface area (Å²) in [6.07, 6.45) is 0.679. The highest BCUT2D eigenvalue weighted by Gasteiger charge is 1.99. The van der Waals surface area contributed by atoms with Gasteiger partial charge >= 0.3 is 5.97 Å². The predicted molar refractivity (Wildman–Crippen MR) is 60.0 cm³/mol. The van der Waals surface area contributed by atoms with Gasteiger partial charge in [0.1, 0.15) is 0 Å². The molecule has 0 bridgehead atoms. The second kappa shape index (κ2) is 6.10. The largest absolute Gasteiger partial charge is 0.481 e. The first kappa shape index (κ1) is 11.6. The monoisotopic (exact) mass is 222 g/mol. The molecule has 0 aliphatic rings. The maximum Gasteiger partial charge on any atom is 0.303 e. The van der Waals surface area contributed by atoms with E-state index in [0.29, 0.717) is 12.3 Å². The summed E-state index contributed by atoms with van der Waals surface area (Å²) in [5, 5.41) is 8.54. The molecular weight excluding hydrogens is 212 g/mol. The Morgan fingerprint density at radius 2 is 2.27 bits per heavy atom. The van der Waals surface area contributed by atoms with Crippen LogP contribution in [0.15, 0.2) is 24.3 Å². The number of rotatable bonds is 3. The molecule has 0 saturated heterocycles. The standard InChI is InChI=1S/C12H11ClO2/c13-8-2-5-10-3-1-4-11(9-10)6-7-12(14)15/h1,3-4,9H,6-8H2,(H,14,15). The van der Waals surface area contributed by atoms with Gasteiger partial charge in [-0.25, -0.2) is 0 Å². The van der Waals surface area contributed by atoms with E-state index in [2.05, 4.69) is 11.8 Å². The third-order valence-corrected chi connectivity index (χ3v) is 1.99. The number of carboxylic acids is 1. The van der Waals surface area contributed by atoms with Crippen LogP contribution in [-0.2, 0) is 11.2 Å². The zero-order valence-corrected chi connectivity index (χ0v) is 8.92. The molecule has 0 heterocycles. The van der Waals surface area contributed by atoms with E-state index in [1.54, 1.807) is 0 Å². The van der Waals surface area contributed by atoms with Crippen molar-refractivity contribution in [3.8, 4) is 11.8 Å². The van der Waals surface area contributed by atoms with Crippen LogP contribution in [0.3, 0.4) is 0 Å². The van der Waals surface area contributed by atoms with Crippen molar-refractivity contribution in [1.29, 1.82) is 0 Å². The van der Waals surface area contributed by atoms with Crippen molar-refractivity contribution in [1.82, 2.24) is 0 Å². The Kier molecular flexibility index (Phi) is 4.73. The normalized spacial score (nSPS) is 9.13. The fraction of sp³-hybridized carbons (Fsp3) is 0.250. The molecule has 1 rings (SSSR count). The van der Waals surface area contributed by atoms with E-state index in [0.717, 1.165) is 11.1 Å². The molecule has 15 heavy (non-hydrogen) atoms. The van der Waals surface area contributed by atoms with Crippen molar-refractivity contribution in [2.75, 3.05) is 5.88 Å². The van der Waals surface area contributed by atoms with Gasteiger partial charge in [0.2, 0.25) is 0 Å². The van der Waals surface area contributed by atoms with Crippen LogP contribution in [0.2, 0.25) is 0 Å². The summed E-state index contributed by atoms with van der Waals surface area (Å²) in [6.45, 7) is 0. The van der Waals surface area contributed by atoms with Crippen LogP contribution in [0.1, 0.15) is 17.5 Å². The number of halogens is 1. The molecule has 0 fully saturated rings. The Balaban J connectivity index is 2.69. The minimum atomic E-state index is -0.785. The summed E-state index contributed by atoms with van der Waals surface area (Å²) in [6, 6.07) is 7.54. The number of alkyl halides is 1. The van der Waals surface area contributed by atoms with Crippen LogP contribution in [0.5, 0.6) is 0 Å². The molecular formula is C12H11ClO2. The zero-order chi connectivity index (χ0) is 11.1. The van der Waals surface area contributed by atoms with E-state index in [1.165, 1.54) is 0 Å². The SMILES string of the molecule is O=C(O)CCc1cccc(C#CCCl)c1. The van der Waals surface area contributed by atoms with E-state index in [9.17, 15) is 4.79 Å². The van der Waals surface area contributed by atoms with Gasteiger partial charge in [0.05, 0.1) is 5.88 Å². The molecule has 0 aliphatic heterocycles. The van der Waals surface area contributed by atoms with Crippen LogP contribution in [-0.4, -0.2) is 17.0 Å². The second-order valence-electron chi connectivity index (χ2n) is 3.03. The molecule has 0 aliphatic carbocycles. The lowest BCUT2D eigenvalue weighted by atomic mass is 10.1. The molecule has 2 nitrogen and oxygen atoms in total. The lowest BCUT2D eigenvalue weighted by molar-refractivity contribution is -0.136. The van der Waals surface area contributed by atoms with Gasteiger partial charge in [-0.2, -0.15) is 0 Å². The van der Waals surface area contributed by atoms with Gasteiger partial charge in [-0.1, -0.05) is 24.0 Å². The van der Waals surface area contributed by atoms with Gasteiger partial charge in [0.15, 0.2) is 0 Å². The Bertz CT molecular complexity index is 402. The molecule has 1 N–H and O–H groups in total. The van der Waals surface area contributed by atoms with Crippen LogP contribution < -0.4 is 0 Å². The summed E-state index contributed by atoms with van der Waals surface area (Å²) in [7, 11) is 0. The number of hydrogen-bond donors (Lipinski definition) is 1. The van der Waals surface area contributed by atoms with E-state index >= 15 is 0 Å². The number of aliphatic carboxylic acids is 1. The Labute approximate surface area is 93.9 Å². The molecule has 0 aromatic heterocycles. The maximum absolute atomic E-state index is 10.4. The zero-order valence-electron chi connectivity index (χ0n) is 8.16. The molecule has 78 valence electrons. The van der Waals surface area contributed by atoms with E-state index in [4.69, 9.17) is 16.7 Å². The first-order valence-electron chi connectivity index (χ1n) is 4.58. The van der Waals surface area contributed by atoms with Crippen LogP contribution in [0, 0.1) is 11.8 Å². The van der Waals surface area contributed by atoms with Gasteiger partial charge in [-0.05, 0) is 24.1 Å². The highest BCUT2D eigenvalue weighted by atomic mass is 35.5. The number of benzene rings is 1. The summed E-state index contributed by atoms with van der Waals surface area (Å²) < 4.78 is 0. The molecule has 0 spiro atoms. The first-order valence-corrected chi connectivity index (χ1v) is 5.11. The number of carboxylic acid groups (broad SMARTS) is 1. The summed E-state index contributed by atoms with van der Waals surface area (Å²) in [5.41, 5.74) is 1.86. The van der Waals surface area contributed by atoms with Crippen molar-refractivity contribution < 1.29 is 9.90 Å². The van der Waals surface area contributed by atoms with Gasteiger partial charge in [0, 0.05) is 12.0 Å². The second-order valence-corrected chi connectivity index (χ2v) is 3.30. The lowest BCUT2D eigenvalue weighted by Crippen LogP contribution is -1.97. The van der Waals surface area contributed by atoms with Crippen LogP contribution >= 0.6 is 11.6 Å². The third kappa shape index (κ3) is 4.53. The average Bonchev–Trinajstić information content (AvgIpc) is 2.24. The van der Waals surface area contributed by atoms with Gasteiger partial charge < -0.3 is 5.11 Å².